The fourth-order valence-corrected chi connectivity index (χ4v) is 1.78. The molecule has 1 fully saturated rings. The van der Waals surface area contributed by atoms with Gasteiger partial charge in [-0.3, -0.25) is 4.18 Å². The van der Waals surface area contributed by atoms with Crippen molar-refractivity contribution in [3.05, 3.63) is 0 Å². The predicted molar refractivity (Wildman–Crippen MR) is 46.6 cm³/mol. The molecule has 90 valence electrons. The van der Waals surface area contributed by atoms with Crippen LogP contribution in [0, 0.1) is 0 Å². The van der Waals surface area contributed by atoms with Crippen LogP contribution in [0.25, 0.3) is 0 Å². The molecule has 0 aromatic heterocycles. The Morgan fingerprint density at radius 1 is 1.20 bits per heavy atom. The quantitative estimate of drug-likeness (QED) is 0.548. The largest absolute Gasteiger partial charge is 0.523 e. The second-order valence-corrected chi connectivity index (χ2v) is 4.88. The summed E-state index contributed by atoms with van der Waals surface area (Å²) in [7, 11) is -5.42. The molecule has 0 aromatic rings. The van der Waals surface area contributed by atoms with E-state index in [2.05, 4.69) is 4.18 Å². The monoisotopic (exact) mass is 247 g/mol. The molecule has 1 aliphatic heterocycles. The first kappa shape index (κ1) is 12.7. The van der Waals surface area contributed by atoms with Crippen molar-refractivity contribution in [1.82, 2.24) is 4.90 Å². The maximum absolute atomic E-state index is 11.8. The molecule has 0 radical (unpaired) electrons. The zero-order valence-electron chi connectivity index (χ0n) is 7.96. The van der Waals surface area contributed by atoms with E-state index in [-0.39, 0.29) is 6.54 Å². The van der Waals surface area contributed by atoms with Crippen LogP contribution in [0.5, 0.6) is 0 Å². The zero-order chi connectivity index (χ0) is 11.5. The lowest BCUT2D eigenvalue weighted by molar-refractivity contribution is -0.0545. The topological polar surface area (TPSA) is 46.6 Å². The SMILES string of the molecule is O=S(=O)(OCCN1CCCC1)C(F)(F)F. The third-order valence-electron chi connectivity index (χ3n) is 2.13. The van der Waals surface area contributed by atoms with Crippen molar-refractivity contribution in [3.8, 4) is 0 Å². The molecule has 0 saturated carbocycles. The molecule has 1 saturated heterocycles. The summed E-state index contributed by atoms with van der Waals surface area (Å²) >= 11 is 0. The van der Waals surface area contributed by atoms with Crippen molar-refractivity contribution in [2.75, 3.05) is 26.2 Å². The van der Waals surface area contributed by atoms with Crippen LogP contribution < -0.4 is 0 Å². The van der Waals surface area contributed by atoms with Crippen molar-refractivity contribution in [2.45, 2.75) is 18.3 Å². The summed E-state index contributed by atoms with van der Waals surface area (Å²) in [6.07, 6.45) is 1.98. The van der Waals surface area contributed by atoms with E-state index in [1.165, 1.54) is 0 Å². The number of halogens is 3. The number of rotatable bonds is 4. The molecular weight excluding hydrogens is 235 g/mol. The Balaban J connectivity index is 2.30. The van der Waals surface area contributed by atoms with Gasteiger partial charge in [-0.1, -0.05) is 0 Å². The first-order valence-electron chi connectivity index (χ1n) is 4.51. The Bertz CT molecular complexity index is 295. The summed E-state index contributed by atoms with van der Waals surface area (Å²) in [5, 5.41) is 0. The molecule has 4 nitrogen and oxygen atoms in total. The Kier molecular flexibility index (Phi) is 3.96. The minimum Gasteiger partial charge on any atom is -0.301 e. The van der Waals surface area contributed by atoms with Crippen molar-refractivity contribution in [1.29, 1.82) is 0 Å². The normalized spacial score (nSPS) is 19.7. The van der Waals surface area contributed by atoms with Gasteiger partial charge in [-0.25, -0.2) is 0 Å². The van der Waals surface area contributed by atoms with Crippen molar-refractivity contribution < 1.29 is 25.8 Å². The van der Waals surface area contributed by atoms with Crippen LogP contribution in [0.1, 0.15) is 12.8 Å². The van der Waals surface area contributed by atoms with Gasteiger partial charge in [0.2, 0.25) is 0 Å². The van der Waals surface area contributed by atoms with Gasteiger partial charge in [-0.05, 0) is 25.9 Å². The molecule has 15 heavy (non-hydrogen) atoms. The van der Waals surface area contributed by atoms with Crippen LogP contribution in [-0.4, -0.2) is 45.1 Å². The molecule has 0 spiro atoms. The lowest BCUT2D eigenvalue weighted by Crippen LogP contribution is -2.30. The number of alkyl halides is 3. The van der Waals surface area contributed by atoms with Crippen molar-refractivity contribution >= 4 is 10.1 Å². The minimum atomic E-state index is -5.42. The van der Waals surface area contributed by atoms with Crippen LogP contribution >= 0.6 is 0 Å². The summed E-state index contributed by atoms with van der Waals surface area (Å²) < 4.78 is 60.2. The zero-order valence-corrected chi connectivity index (χ0v) is 8.77. The third-order valence-corrected chi connectivity index (χ3v) is 3.17. The lowest BCUT2D eigenvalue weighted by Gasteiger charge is -2.14. The number of hydrogen-bond donors (Lipinski definition) is 0. The van der Waals surface area contributed by atoms with Crippen LogP contribution in [0.3, 0.4) is 0 Å². The van der Waals surface area contributed by atoms with Crippen molar-refractivity contribution in [3.63, 3.8) is 0 Å². The molecule has 0 N–H and O–H groups in total. The fraction of sp³-hybridized carbons (Fsp3) is 1.00. The third kappa shape index (κ3) is 3.62. The summed E-state index contributed by atoms with van der Waals surface area (Å²) in [5.74, 6) is 0. The second-order valence-electron chi connectivity index (χ2n) is 3.27. The molecule has 1 heterocycles. The van der Waals surface area contributed by atoms with E-state index in [1.807, 2.05) is 4.90 Å². The van der Waals surface area contributed by atoms with E-state index in [4.69, 9.17) is 0 Å². The minimum absolute atomic E-state index is 0.218. The molecule has 0 unspecified atom stereocenters. The van der Waals surface area contributed by atoms with E-state index < -0.39 is 22.2 Å². The average molecular weight is 247 g/mol. The number of likely N-dealkylation sites (tertiary alicyclic amines) is 1. The maximum atomic E-state index is 11.8. The highest BCUT2D eigenvalue weighted by Crippen LogP contribution is 2.24. The Labute approximate surface area is 86.1 Å². The van der Waals surface area contributed by atoms with Gasteiger partial charge >= 0.3 is 15.6 Å². The Hall–Kier alpha value is -0.340. The summed E-state index contributed by atoms with van der Waals surface area (Å²) in [5.41, 5.74) is -5.32. The Morgan fingerprint density at radius 3 is 2.20 bits per heavy atom. The number of nitrogens with zero attached hydrogens (tertiary/aromatic N) is 1. The van der Waals surface area contributed by atoms with Crippen molar-refractivity contribution in [2.24, 2.45) is 0 Å². The highest BCUT2D eigenvalue weighted by molar-refractivity contribution is 7.87. The van der Waals surface area contributed by atoms with E-state index in [0.717, 1.165) is 25.9 Å². The van der Waals surface area contributed by atoms with Gasteiger partial charge in [0.1, 0.15) is 0 Å². The van der Waals surface area contributed by atoms with E-state index in [0.29, 0.717) is 0 Å². The lowest BCUT2D eigenvalue weighted by atomic mass is 10.4. The summed E-state index contributed by atoms with van der Waals surface area (Å²) in [6, 6.07) is 0. The molecule has 0 atom stereocenters. The number of hydrogen-bond acceptors (Lipinski definition) is 4. The predicted octanol–water partition coefficient (Wildman–Crippen LogP) is 0.948. The molecule has 0 aliphatic carbocycles. The van der Waals surface area contributed by atoms with Gasteiger partial charge in [0, 0.05) is 6.54 Å². The smallest absolute Gasteiger partial charge is 0.301 e. The molecule has 1 rings (SSSR count). The molecule has 0 bridgehead atoms. The fourth-order valence-electron chi connectivity index (χ4n) is 1.35. The second kappa shape index (κ2) is 4.67. The van der Waals surface area contributed by atoms with Crippen LogP contribution in [0.4, 0.5) is 13.2 Å². The first-order valence-corrected chi connectivity index (χ1v) is 5.92. The first-order chi connectivity index (χ1) is 6.83. The highest BCUT2D eigenvalue weighted by atomic mass is 32.2. The van der Waals surface area contributed by atoms with Gasteiger partial charge in [0.05, 0.1) is 6.61 Å². The Morgan fingerprint density at radius 2 is 1.73 bits per heavy atom. The van der Waals surface area contributed by atoms with Crippen LogP contribution in [0.15, 0.2) is 0 Å². The standard InChI is InChI=1S/C7H12F3NO3S/c8-7(9,10)15(12,13)14-6-5-11-3-1-2-4-11/h1-6H2. The summed E-state index contributed by atoms with van der Waals surface area (Å²) in [6.45, 7) is 1.35. The van der Waals surface area contributed by atoms with Crippen LogP contribution in [0.2, 0.25) is 0 Å². The van der Waals surface area contributed by atoms with Gasteiger partial charge in [0.25, 0.3) is 0 Å². The van der Waals surface area contributed by atoms with Gasteiger partial charge in [-0.15, -0.1) is 0 Å². The van der Waals surface area contributed by atoms with Gasteiger partial charge < -0.3 is 4.90 Å². The van der Waals surface area contributed by atoms with E-state index in [1.54, 1.807) is 0 Å². The van der Waals surface area contributed by atoms with E-state index in [9.17, 15) is 21.6 Å². The average Bonchev–Trinajstić information content (AvgIpc) is 2.54. The molecule has 0 amide bonds. The van der Waals surface area contributed by atoms with E-state index >= 15 is 0 Å². The van der Waals surface area contributed by atoms with Crippen LogP contribution in [-0.2, 0) is 14.3 Å². The molecule has 0 aromatic carbocycles. The molecular formula is C7H12F3NO3S. The molecule has 8 heteroatoms. The maximum Gasteiger partial charge on any atom is 0.523 e. The van der Waals surface area contributed by atoms with Gasteiger partial charge in [0.15, 0.2) is 0 Å². The summed E-state index contributed by atoms with van der Waals surface area (Å²) in [4.78, 5) is 1.87. The van der Waals surface area contributed by atoms with Gasteiger partial charge in [-0.2, -0.15) is 21.6 Å². The highest BCUT2D eigenvalue weighted by Gasteiger charge is 2.47. The molecule has 1 aliphatic rings.